The minimum absolute atomic E-state index is 0.0464. The van der Waals surface area contributed by atoms with Gasteiger partial charge in [-0.15, -0.1) is 0 Å². The van der Waals surface area contributed by atoms with Crippen molar-refractivity contribution >= 4 is 0 Å². The molecule has 138 valence electrons. The number of hydrogen-bond acceptors (Lipinski definition) is 3. The molecule has 1 aromatic rings. The van der Waals surface area contributed by atoms with E-state index in [1.54, 1.807) is 12.1 Å². The zero-order chi connectivity index (χ0) is 18.1. The van der Waals surface area contributed by atoms with E-state index in [2.05, 4.69) is 6.92 Å². The maximum Gasteiger partial charge on any atom is 0.273 e. The van der Waals surface area contributed by atoms with Gasteiger partial charge >= 0.3 is 0 Å². The van der Waals surface area contributed by atoms with Gasteiger partial charge in [0.2, 0.25) is 0 Å². The average molecular weight is 343 g/mol. The van der Waals surface area contributed by atoms with Gasteiger partial charge in [0.25, 0.3) is 5.92 Å². The summed E-state index contributed by atoms with van der Waals surface area (Å²) in [5.74, 6) is -2.79. The van der Waals surface area contributed by atoms with Gasteiger partial charge in [-0.2, -0.15) is 0 Å². The molecule has 0 saturated heterocycles. The van der Waals surface area contributed by atoms with Crippen molar-refractivity contribution in [3.63, 3.8) is 0 Å². The van der Waals surface area contributed by atoms with Crippen LogP contribution in [0.15, 0.2) is 24.3 Å². The summed E-state index contributed by atoms with van der Waals surface area (Å²) in [7, 11) is 0. The predicted octanol–water partition coefficient (Wildman–Crippen LogP) is 3.75. The van der Waals surface area contributed by atoms with Crippen molar-refractivity contribution in [2.45, 2.75) is 69.8 Å². The van der Waals surface area contributed by atoms with E-state index in [1.165, 1.54) is 12.1 Å². The molecule has 3 nitrogen and oxygen atoms in total. The number of nitrogens with two attached hydrogens (primary N) is 1. The minimum atomic E-state index is -2.79. The van der Waals surface area contributed by atoms with Gasteiger partial charge in [0.05, 0.1) is 18.8 Å². The van der Waals surface area contributed by atoms with E-state index in [0.29, 0.717) is 19.3 Å². The molecular formula is C19H31F2NO2. The highest BCUT2D eigenvalue weighted by Gasteiger charge is 2.30. The fourth-order valence-corrected chi connectivity index (χ4v) is 2.61. The molecular weight excluding hydrogens is 312 g/mol. The van der Waals surface area contributed by atoms with Crippen molar-refractivity contribution in [2.75, 3.05) is 13.2 Å². The number of halogens is 2. The van der Waals surface area contributed by atoms with Crippen LogP contribution in [0.25, 0.3) is 0 Å². The lowest BCUT2D eigenvalue weighted by Gasteiger charge is -2.24. The summed E-state index contributed by atoms with van der Waals surface area (Å²) in [4.78, 5) is 0. The quantitative estimate of drug-likeness (QED) is 0.506. The summed E-state index contributed by atoms with van der Waals surface area (Å²) < 4.78 is 28.4. The van der Waals surface area contributed by atoms with E-state index in [9.17, 15) is 8.78 Å². The van der Waals surface area contributed by atoms with Gasteiger partial charge in [-0.05, 0) is 24.8 Å². The molecule has 0 radical (unpaired) electrons. The van der Waals surface area contributed by atoms with E-state index >= 15 is 0 Å². The van der Waals surface area contributed by atoms with Gasteiger partial charge in [0, 0.05) is 12.0 Å². The molecule has 1 rings (SSSR count). The van der Waals surface area contributed by atoms with E-state index in [0.717, 1.165) is 31.2 Å². The van der Waals surface area contributed by atoms with Crippen molar-refractivity contribution in [1.82, 2.24) is 0 Å². The normalized spacial score (nSPS) is 12.6. The summed E-state index contributed by atoms with van der Waals surface area (Å²) in [6.07, 6.45) is 5.42. The first-order chi connectivity index (χ1) is 11.4. The van der Waals surface area contributed by atoms with Crippen molar-refractivity contribution < 1.29 is 19.0 Å². The van der Waals surface area contributed by atoms with Crippen LogP contribution in [0.4, 0.5) is 8.78 Å². The molecule has 0 aliphatic rings. The molecule has 0 atom stereocenters. The van der Waals surface area contributed by atoms with Gasteiger partial charge in [0.15, 0.2) is 0 Å². The SMILES string of the molecule is CCCCCCCC(F)(F)c1ccc(CCC(N)(CO)CO)cc1. The monoisotopic (exact) mass is 343 g/mol. The number of unbranched alkanes of at least 4 members (excludes halogenated alkanes) is 4. The fourth-order valence-electron chi connectivity index (χ4n) is 2.61. The number of aliphatic hydroxyl groups is 2. The molecule has 24 heavy (non-hydrogen) atoms. The van der Waals surface area contributed by atoms with Crippen LogP contribution in [0.2, 0.25) is 0 Å². The molecule has 0 amide bonds. The number of benzene rings is 1. The number of aliphatic hydroxyl groups excluding tert-OH is 2. The zero-order valence-electron chi connectivity index (χ0n) is 14.6. The Kier molecular flexibility index (Phi) is 8.81. The van der Waals surface area contributed by atoms with Gasteiger partial charge < -0.3 is 15.9 Å². The molecule has 0 aliphatic carbocycles. The van der Waals surface area contributed by atoms with Gasteiger partial charge in [-0.25, -0.2) is 8.78 Å². The third kappa shape index (κ3) is 6.83. The summed E-state index contributed by atoms with van der Waals surface area (Å²) in [6, 6.07) is 6.29. The lowest BCUT2D eigenvalue weighted by molar-refractivity contribution is -0.0158. The molecule has 0 aromatic heterocycles. The molecule has 0 heterocycles. The lowest BCUT2D eigenvalue weighted by Crippen LogP contribution is -2.47. The molecule has 0 saturated carbocycles. The van der Waals surface area contributed by atoms with E-state index < -0.39 is 11.5 Å². The van der Waals surface area contributed by atoms with Crippen molar-refractivity contribution in [1.29, 1.82) is 0 Å². The Hall–Kier alpha value is -1.04. The topological polar surface area (TPSA) is 66.5 Å². The fraction of sp³-hybridized carbons (Fsp3) is 0.684. The Morgan fingerprint density at radius 1 is 0.917 bits per heavy atom. The highest BCUT2D eigenvalue weighted by Crippen LogP contribution is 2.34. The maximum absolute atomic E-state index is 14.2. The van der Waals surface area contributed by atoms with Gasteiger partial charge in [-0.3, -0.25) is 0 Å². The van der Waals surface area contributed by atoms with E-state index in [1.807, 2.05) is 0 Å². The summed E-state index contributed by atoms with van der Waals surface area (Å²) >= 11 is 0. The third-order valence-corrected chi connectivity index (χ3v) is 4.51. The highest BCUT2D eigenvalue weighted by molar-refractivity contribution is 5.26. The third-order valence-electron chi connectivity index (χ3n) is 4.51. The van der Waals surface area contributed by atoms with Crippen LogP contribution < -0.4 is 5.73 Å². The molecule has 0 unspecified atom stereocenters. The summed E-state index contributed by atoms with van der Waals surface area (Å²) in [6.45, 7) is 1.49. The number of hydrogen-bond donors (Lipinski definition) is 3. The van der Waals surface area contributed by atoms with Crippen LogP contribution in [-0.2, 0) is 12.3 Å². The van der Waals surface area contributed by atoms with Crippen molar-refractivity contribution in [3.8, 4) is 0 Å². The Morgan fingerprint density at radius 3 is 2.04 bits per heavy atom. The predicted molar refractivity (Wildman–Crippen MR) is 93.1 cm³/mol. The number of aryl methyl sites for hydroxylation is 1. The minimum Gasteiger partial charge on any atom is -0.394 e. The van der Waals surface area contributed by atoms with Crippen LogP contribution in [0, 0.1) is 0 Å². The summed E-state index contributed by atoms with van der Waals surface area (Å²) in [5.41, 5.74) is 5.70. The standard InChI is InChI=1S/C19H31F2NO2/c1-2-3-4-5-6-12-19(20,21)17-9-7-16(8-10-17)11-13-18(22,14-23)15-24/h7-10,23-24H,2-6,11-15,22H2,1H3. The molecule has 4 N–H and O–H groups in total. The Bertz CT molecular complexity index is 459. The average Bonchev–Trinajstić information content (AvgIpc) is 2.60. The Balaban J connectivity index is 2.53. The lowest BCUT2D eigenvalue weighted by atomic mass is 9.93. The molecule has 0 aliphatic heterocycles. The Labute approximate surface area is 143 Å². The highest BCUT2D eigenvalue weighted by atomic mass is 19.3. The molecule has 0 fully saturated rings. The molecule has 0 spiro atoms. The van der Waals surface area contributed by atoms with Crippen LogP contribution in [0.3, 0.4) is 0 Å². The second-order valence-corrected chi connectivity index (χ2v) is 6.74. The first-order valence-corrected chi connectivity index (χ1v) is 8.85. The molecule has 1 aromatic carbocycles. The van der Waals surface area contributed by atoms with Crippen LogP contribution in [0.1, 0.15) is 63.0 Å². The van der Waals surface area contributed by atoms with Crippen LogP contribution in [-0.4, -0.2) is 29.0 Å². The van der Waals surface area contributed by atoms with E-state index in [-0.39, 0.29) is 25.2 Å². The zero-order valence-corrected chi connectivity index (χ0v) is 14.6. The van der Waals surface area contributed by atoms with Crippen molar-refractivity contribution in [3.05, 3.63) is 35.4 Å². The first-order valence-electron chi connectivity index (χ1n) is 8.85. The smallest absolute Gasteiger partial charge is 0.273 e. The largest absolute Gasteiger partial charge is 0.394 e. The van der Waals surface area contributed by atoms with Gasteiger partial charge in [0.1, 0.15) is 0 Å². The van der Waals surface area contributed by atoms with Crippen LogP contribution in [0.5, 0.6) is 0 Å². The van der Waals surface area contributed by atoms with Gasteiger partial charge in [-0.1, -0.05) is 56.9 Å². The number of rotatable bonds is 12. The summed E-state index contributed by atoms with van der Waals surface area (Å²) in [5, 5.41) is 18.3. The first kappa shape index (κ1) is 21.0. The number of alkyl halides is 2. The second-order valence-electron chi connectivity index (χ2n) is 6.74. The maximum atomic E-state index is 14.2. The van der Waals surface area contributed by atoms with Crippen molar-refractivity contribution in [2.24, 2.45) is 5.73 Å². The van der Waals surface area contributed by atoms with Crippen LogP contribution >= 0.6 is 0 Å². The van der Waals surface area contributed by atoms with E-state index in [4.69, 9.17) is 15.9 Å². The second kappa shape index (κ2) is 10.1. The Morgan fingerprint density at radius 2 is 1.50 bits per heavy atom. The molecule has 0 bridgehead atoms. The molecule has 5 heteroatoms.